The van der Waals surface area contributed by atoms with Crippen molar-refractivity contribution in [3.05, 3.63) is 35.7 Å². The number of hydrogen-bond acceptors (Lipinski definition) is 5. The molecule has 25 heavy (non-hydrogen) atoms. The van der Waals surface area contributed by atoms with Gasteiger partial charge in [-0.1, -0.05) is 44.7 Å². The van der Waals surface area contributed by atoms with Crippen molar-refractivity contribution in [1.29, 1.82) is 5.26 Å². The first-order valence-electron chi connectivity index (χ1n) is 8.77. The van der Waals surface area contributed by atoms with E-state index in [4.69, 9.17) is 10.00 Å². The van der Waals surface area contributed by atoms with Crippen molar-refractivity contribution >= 4 is 11.8 Å². The number of nitriles is 1. The standard InChI is InChI=1S/C19H26N4OS/c1-4-16-7-9-17(10-8-16)24-14-18-21-22-19(23(18)13-15(2)3)25-12-6-5-11-20/h7-10,15H,4-6,12-14H2,1-3H3. The highest BCUT2D eigenvalue weighted by Gasteiger charge is 2.14. The van der Waals surface area contributed by atoms with Crippen molar-refractivity contribution < 1.29 is 4.74 Å². The number of benzene rings is 1. The molecule has 2 aromatic rings. The molecule has 0 fully saturated rings. The Morgan fingerprint density at radius 1 is 1.24 bits per heavy atom. The summed E-state index contributed by atoms with van der Waals surface area (Å²) < 4.78 is 8.04. The molecule has 0 saturated heterocycles. The molecule has 0 amide bonds. The van der Waals surface area contributed by atoms with Crippen molar-refractivity contribution in [3.63, 3.8) is 0 Å². The average molecular weight is 359 g/mol. The van der Waals surface area contributed by atoms with Crippen LogP contribution in [0.4, 0.5) is 0 Å². The normalized spacial score (nSPS) is 10.8. The molecule has 0 aliphatic rings. The molecule has 0 unspecified atom stereocenters. The molecule has 134 valence electrons. The second-order valence-electron chi connectivity index (χ2n) is 6.30. The van der Waals surface area contributed by atoms with Crippen molar-refractivity contribution in [2.45, 2.75) is 58.3 Å². The van der Waals surface area contributed by atoms with E-state index < -0.39 is 0 Å². The van der Waals surface area contributed by atoms with Crippen molar-refractivity contribution in [1.82, 2.24) is 14.8 Å². The Morgan fingerprint density at radius 2 is 2.00 bits per heavy atom. The number of nitrogens with zero attached hydrogens (tertiary/aromatic N) is 4. The van der Waals surface area contributed by atoms with Crippen LogP contribution in [0, 0.1) is 17.2 Å². The number of aromatic nitrogens is 3. The maximum atomic E-state index is 8.64. The zero-order valence-corrected chi connectivity index (χ0v) is 16.1. The van der Waals surface area contributed by atoms with E-state index in [0.717, 1.165) is 41.9 Å². The third kappa shape index (κ3) is 6.09. The minimum absolute atomic E-state index is 0.407. The summed E-state index contributed by atoms with van der Waals surface area (Å²) in [5.74, 6) is 3.07. The quantitative estimate of drug-likeness (QED) is 0.463. The molecule has 2 rings (SSSR count). The molecule has 1 heterocycles. The number of aryl methyl sites for hydroxylation is 1. The van der Waals surface area contributed by atoms with Gasteiger partial charge in [0, 0.05) is 18.7 Å². The average Bonchev–Trinajstić information content (AvgIpc) is 2.98. The number of thioether (sulfide) groups is 1. The summed E-state index contributed by atoms with van der Waals surface area (Å²) >= 11 is 1.66. The van der Waals surface area contributed by atoms with Gasteiger partial charge in [-0.25, -0.2) is 0 Å². The second kappa shape index (κ2) is 10.1. The van der Waals surface area contributed by atoms with Crippen LogP contribution in [0.2, 0.25) is 0 Å². The second-order valence-corrected chi connectivity index (χ2v) is 7.36. The first-order chi connectivity index (χ1) is 12.1. The predicted octanol–water partition coefficient (Wildman–Crippen LogP) is 4.47. The summed E-state index contributed by atoms with van der Waals surface area (Å²) in [6.07, 6.45) is 2.47. The van der Waals surface area contributed by atoms with E-state index in [-0.39, 0.29) is 0 Å². The fraction of sp³-hybridized carbons (Fsp3) is 0.526. The van der Waals surface area contributed by atoms with Gasteiger partial charge < -0.3 is 9.30 Å². The van der Waals surface area contributed by atoms with Crippen LogP contribution in [0.25, 0.3) is 0 Å². The van der Waals surface area contributed by atoms with Crippen LogP contribution in [0.5, 0.6) is 5.75 Å². The summed E-state index contributed by atoms with van der Waals surface area (Å²) in [6.45, 7) is 7.77. The summed E-state index contributed by atoms with van der Waals surface area (Å²) in [7, 11) is 0. The first-order valence-corrected chi connectivity index (χ1v) is 9.76. The fourth-order valence-electron chi connectivity index (χ4n) is 2.36. The van der Waals surface area contributed by atoms with Gasteiger partial charge in [-0.2, -0.15) is 5.26 Å². The molecule has 6 heteroatoms. The van der Waals surface area contributed by atoms with E-state index in [9.17, 15) is 0 Å². The molecule has 5 nitrogen and oxygen atoms in total. The lowest BCUT2D eigenvalue weighted by Crippen LogP contribution is -2.12. The van der Waals surface area contributed by atoms with E-state index >= 15 is 0 Å². The third-order valence-electron chi connectivity index (χ3n) is 3.70. The molecule has 0 radical (unpaired) electrons. The van der Waals surface area contributed by atoms with Crippen LogP contribution in [0.15, 0.2) is 29.4 Å². The molecule has 0 spiro atoms. The Balaban J connectivity index is 2.02. The lowest BCUT2D eigenvalue weighted by atomic mass is 10.2. The molecule has 0 aliphatic carbocycles. The predicted molar refractivity (Wildman–Crippen MR) is 101 cm³/mol. The zero-order chi connectivity index (χ0) is 18.1. The van der Waals surface area contributed by atoms with Crippen molar-refractivity contribution in [2.75, 3.05) is 5.75 Å². The highest BCUT2D eigenvalue weighted by atomic mass is 32.2. The monoisotopic (exact) mass is 358 g/mol. The highest BCUT2D eigenvalue weighted by Crippen LogP contribution is 2.21. The van der Waals surface area contributed by atoms with Gasteiger partial charge in [0.1, 0.15) is 12.4 Å². The molecule has 1 aromatic carbocycles. The Hall–Kier alpha value is -2.00. The van der Waals surface area contributed by atoms with Gasteiger partial charge in [0.05, 0.1) is 6.07 Å². The fourth-order valence-corrected chi connectivity index (χ4v) is 3.27. The Kier molecular flexibility index (Phi) is 7.80. The number of hydrogen-bond donors (Lipinski definition) is 0. The number of unbranched alkanes of at least 4 members (excludes halogenated alkanes) is 1. The van der Waals surface area contributed by atoms with Gasteiger partial charge in [0.2, 0.25) is 0 Å². The highest BCUT2D eigenvalue weighted by molar-refractivity contribution is 7.99. The largest absolute Gasteiger partial charge is 0.486 e. The third-order valence-corrected chi connectivity index (χ3v) is 4.76. The van der Waals surface area contributed by atoms with E-state index in [0.29, 0.717) is 18.9 Å². The molecular weight excluding hydrogens is 332 g/mol. The van der Waals surface area contributed by atoms with Gasteiger partial charge in [-0.05, 0) is 36.5 Å². The summed E-state index contributed by atoms with van der Waals surface area (Å²) in [4.78, 5) is 0. The molecule has 0 N–H and O–H groups in total. The van der Waals surface area contributed by atoms with Crippen LogP contribution in [0.3, 0.4) is 0 Å². The first kappa shape index (κ1) is 19.3. The Morgan fingerprint density at radius 3 is 2.64 bits per heavy atom. The molecular formula is C19H26N4OS. The van der Waals surface area contributed by atoms with Crippen LogP contribution in [-0.4, -0.2) is 20.5 Å². The topological polar surface area (TPSA) is 63.7 Å². The van der Waals surface area contributed by atoms with Crippen molar-refractivity contribution in [3.8, 4) is 11.8 Å². The SMILES string of the molecule is CCc1ccc(OCc2nnc(SCCCC#N)n2CC(C)C)cc1. The number of rotatable bonds is 10. The van der Waals surface area contributed by atoms with Gasteiger partial charge in [-0.3, -0.25) is 0 Å². The summed E-state index contributed by atoms with van der Waals surface area (Å²) in [5.41, 5.74) is 1.30. The van der Waals surface area contributed by atoms with E-state index in [1.54, 1.807) is 11.8 Å². The smallest absolute Gasteiger partial charge is 0.191 e. The van der Waals surface area contributed by atoms with Gasteiger partial charge in [-0.15, -0.1) is 10.2 Å². The lowest BCUT2D eigenvalue weighted by Gasteiger charge is -2.13. The lowest BCUT2D eigenvalue weighted by molar-refractivity contribution is 0.284. The van der Waals surface area contributed by atoms with E-state index in [1.807, 2.05) is 12.1 Å². The van der Waals surface area contributed by atoms with Crippen molar-refractivity contribution in [2.24, 2.45) is 5.92 Å². The van der Waals surface area contributed by atoms with Gasteiger partial charge in [0.15, 0.2) is 11.0 Å². The molecule has 0 bridgehead atoms. The zero-order valence-electron chi connectivity index (χ0n) is 15.2. The minimum Gasteiger partial charge on any atom is -0.486 e. The summed E-state index contributed by atoms with van der Waals surface area (Å²) in [6, 6.07) is 10.4. The molecule has 0 saturated carbocycles. The van der Waals surface area contributed by atoms with Gasteiger partial charge in [0.25, 0.3) is 0 Å². The van der Waals surface area contributed by atoms with E-state index in [1.165, 1.54) is 5.56 Å². The van der Waals surface area contributed by atoms with Crippen LogP contribution < -0.4 is 4.74 Å². The molecule has 0 atom stereocenters. The van der Waals surface area contributed by atoms with Crippen LogP contribution >= 0.6 is 11.8 Å². The van der Waals surface area contributed by atoms with Crippen LogP contribution in [-0.2, 0) is 19.6 Å². The van der Waals surface area contributed by atoms with Gasteiger partial charge >= 0.3 is 0 Å². The molecule has 1 aromatic heterocycles. The Bertz CT molecular complexity index is 688. The maximum Gasteiger partial charge on any atom is 0.191 e. The maximum absolute atomic E-state index is 8.64. The van der Waals surface area contributed by atoms with E-state index in [2.05, 4.69) is 53.7 Å². The molecule has 0 aliphatic heterocycles. The summed E-state index contributed by atoms with van der Waals surface area (Å²) in [5, 5.41) is 18.2. The minimum atomic E-state index is 0.407. The number of ether oxygens (including phenoxy) is 1. The van der Waals surface area contributed by atoms with Crippen LogP contribution in [0.1, 0.15) is 45.0 Å². The Labute approximate surface area is 154 Å².